The fourth-order valence-corrected chi connectivity index (χ4v) is 2.82. The SMILES string of the molecule is CC1OCC[C@@H]1Sc1ccc([N+](=O)[O-])cc1. The van der Waals surface area contributed by atoms with Crippen LogP contribution in [0.15, 0.2) is 29.2 Å². The first kappa shape index (κ1) is 11.4. The van der Waals surface area contributed by atoms with Crippen molar-refractivity contribution in [3.05, 3.63) is 34.4 Å². The van der Waals surface area contributed by atoms with Gasteiger partial charge in [-0.25, -0.2) is 0 Å². The van der Waals surface area contributed by atoms with E-state index in [1.54, 1.807) is 36.0 Å². The van der Waals surface area contributed by atoms with Gasteiger partial charge in [-0.2, -0.15) is 0 Å². The monoisotopic (exact) mass is 239 g/mol. The Morgan fingerprint density at radius 2 is 2.12 bits per heavy atom. The van der Waals surface area contributed by atoms with Gasteiger partial charge >= 0.3 is 0 Å². The summed E-state index contributed by atoms with van der Waals surface area (Å²) in [5, 5.41) is 10.9. The first-order chi connectivity index (χ1) is 7.66. The summed E-state index contributed by atoms with van der Waals surface area (Å²) in [5.74, 6) is 0. The van der Waals surface area contributed by atoms with Crippen LogP contribution in [0.3, 0.4) is 0 Å². The Balaban J connectivity index is 2.02. The molecular weight excluding hydrogens is 226 g/mol. The van der Waals surface area contributed by atoms with Crippen molar-refractivity contribution in [1.29, 1.82) is 0 Å². The molecule has 1 unspecified atom stereocenters. The van der Waals surface area contributed by atoms with E-state index in [1.807, 2.05) is 0 Å². The van der Waals surface area contributed by atoms with E-state index in [0.717, 1.165) is 17.9 Å². The number of rotatable bonds is 3. The highest BCUT2D eigenvalue weighted by Gasteiger charge is 2.25. The second kappa shape index (κ2) is 4.84. The van der Waals surface area contributed by atoms with Crippen LogP contribution >= 0.6 is 11.8 Å². The number of hydrogen-bond donors (Lipinski definition) is 0. The smallest absolute Gasteiger partial charge is 0.269 e. The highest BCUT2D eigenvalue weighted by Crippen LogP contribution is 2.33. The number of nitro groups is 1. The lowest BCUT2D eigenvalue weighted by Crippen LogP contribution is -2.12. The zero-order valence-corrected chi connectivity index (χ0v) is 9.78. The predicted octanol–water partition coefficient (Wildman–Crippen LogP) is 2.86. The number of thioether (sulfide) groups is 1. The maximum atomic E-state index is 10.5. The molecule has 1 aromatic rings. The lowest BCUT2D eigenvalue weighted by molar-refractivity contribution is -0.384. The highest BCUT2D eigenvalue weighted by molar-refractivity contribution is 8.00. The molecule has 1 fully saturated rings. The van der Waals surface area contributed by atoms with Gasteiger partial charge in [-0.15, -0.1) is 11.8 Å². The van der Waals surface area contributed by atoms with Crippen molar-refractivity contribution in [1.82, 2.24) is 0 Å². The minimum absolute atomic E-state index is 0.139. The van der Waals surface area contributed by atoms with Gasteiger partial charge in [0, 0.05) is 28.9 Å². The maximum Gasteiger partial charge on any atom is 0.269 e. The number of ether oxygens (including phenoxy) is 1. The number of nitro benzene ring substituents is 1. The predicted molar refractivity (Wildman–Crippen MR) is 62.8 cm³/mol. The fraction of sp³-hybridized carbons (Fsp3) is 0.455. The normalized spacial score (nSPS) is 24.6. The van der Waals surface area contributed by atoms with Crippen molar-refractivity contribution in [3.8, 4) is 0 Å². The molecule has 1 aliphatic heterocycles. The third-order valence-electron chi connectivity index (χ3n) is 2.64. The van der Waals surface area contributed by atoms with E-state index < -0.39 is 0 Å². The number of hydrogen-bond acceptors (Lipinski definition) is 4. The molecule has 0 spiro atoms. The molecule has 0 radical (unpaired) electrons. The summed E-state index contributed by atoms with van der Waals surface area (Å²) in [7, 11) is 0. The highest BCUT2D eigenvalue weighted by atomic mass is 32.2. The Kier molecular flexibility index (Phi) is 3.46. The fourth-order valence-electron chi connectivity index (χ4n) is 1.69. The van der Waals surface area contributed by atoms with Gasteiger partial charge in [0.2, 0.25) is 0 Å². The summed E-state index contributed by atoms with van der Waals surface area (Å²) < 4.78 is 5.47. The van der Waals surface area contributed by atoms with E-state index in [-0.39, 0.29) is 16.7 Å². The Labute approximate surface area is 98.1 Å². The van der Waals surface area contributed by atoms with Crippen molar-refractivity contribution in [2.24, 2.45) is 0 Å². The zero-order valence-electron chi connectivity index (χ0n) is 8.96. The quantitative estimate of drug-likeness (QED) is 0.601. The minimum atomic E-state index is -0.379. The van der Waals surface area contributed by atoms with Gasteiger partial charge in [-0.05, 0) is 25.5 Å². The molecule has 0 aromatic heterocycles. The molecule has 5 heteroatoms. The second-order valence-electron chi connectivity index (χ2n) is 3.77. The summed E-state index contributed by atoms with van der Waals surface area (Å²) in [5.41, 5.74) is 0.139. The molecule has 2 rings (SSSR count). The summed E-state index contributed by atoms with van der Waals surface area (Å²) >= 11 is 1.73. The molecule has 0 bridgehead atoms. The van der Waals surface area contributed by atoms with Crippen LogP contribution in [-0.4, -0.2) is 22.9 Å². The molecule has 0 amide bonds. The van der Waals surface area contributed by atoms with Crippen LogP contribution in [0.5, 0.6) is 0 Å². The number of non-ortho nitro benzene ring substituents is 1. The minimum Gasteiger partial charge on any atom is -0.377 e. The van der Waals surface area contributed by atoms with Crippen LogP contribution in [0.2, 0.25) is 0 Å². The van der Waals surface area contributed by atoms with E-state index in [1.165, 1.54) is 0 Å². The van der Waals surface area contributed by atoms with Crippen LogP contribution in [-0.2, 0) is 4.74 Å². The van der Waals surface area contributed by atoms with E-state index in [9.17, 15) is 10.1 Å². The largest absolute Gasteiger partial charge is 0.377 e. The molecule has 1 aliphatic rings. The number of benzene rings is 1. The van der Waals surface area contributed by atoms with E-state index >= 15 is 0 Å². The molecule has 0 aliphatic carbocycles. The van der Waals surface area contributed by atoms with Crippen LogP contribution in [0.25, 0.3) is 0 Å². The van der Waals surface area contributed by atoms with Crippen LogP contribution < -0.4 is 0 Å². The van der Waals surface area contributed by atoms with Crippen molar-refractivity contribution in [3.63, 3.8) is 0 Å². The van der Waals surface area contributed by atoms with Gasteiger partial charge in [0.05, 0.1) is 11.0 Å². The topological polar surface area (TPSA) is 52.4 Å². The average Bonchev–Trinajstić information content (AvgIpc) is 2.65. The molecule has 0 saturated carbocycles. The molecular formula is C11H13NO3S. The lowest BCUT2D eigenvalue weighted by Gasteiger charge is -2.12. The summed E-state index contributed by atoms with van der Waals surface area (Å²) in [4.78, 5) is 11.2. The van der Waals surface area contributed by atoms with Gasteiger partial charge in [0.15, 0.2) is 0 Å². The van der Waals surface area contributed by atoms with Crippen molar-refractivity contribution >= 4 is 17.4 Å². The molecule has 2 atom stereocenters. The molecule has 4 nitrogen and oxygen atoms in total. The van der Waals surface area contributed by atoms with Crippen molar-refractivity contribution in [2.45, 2.75) is 29.6 Å². The van der Waals surface area contributed by atoms with Gasteiger partial charge in [0.1, 0.15) is 0 Å². The van der Waals surface area contributed by atoms with E-state index in [4.69, 9.17) is 4.74 Å². The Morgan fingerprint density at radius 1 is 1.44 bits per heavy atom. The molecule has 1 aromatic carbocycles. The van der Waals surface area contributed by atoms with E-state index in [0.29, 0.717) is 5.25 Å². The van der Waals surface area contributed by atoms with Gasteiger partial charge < -0.3 is 4.74 Å². The third-order valence-corrected chi connectivity index (χ3v) is 4.11. The summed E-state index contributed by atoms with van der Waals surface area (Å²) in [6.07, 6.45) is 1.31. The zero-order chi connectivity index (χ0) is 11.5. The van der Waals surface area contributed by atoms with Crippen LogP contribution in [0, 0.1) is 10.1 Å². The molecule has 1 heterocycles. The molecule has 1 saturated heterocycles. The lowest BCUT2D eigenvalue weighted by atomic mass is 10.3. The molecule has 0 N–H and O–H groups in total. The van der Waals surface area contributed by atoms with Crippen molar-refractivity contribution < 1.29 is 9.66 Å². The molecule has 16 heavy (non-hydrogen) atoms. The Morgan fingerprint density at radius 3 is 2.62 bits per heavy atom. The van der Waals surface area contributed by atoms with Gasteiger partial charge in [0.25, 0.3) is 5.69 Å². The Bertz CT molecular complexity index is 379. The first-order valence-corrected chi connectivity index (χ1v) is 6.07. The summed E-state index contributed by atoms with van der Waals surface area (Å²) in [6.45, 7) is 2.88. The van der Waals surface area contributed by atoms with E-state index in [2.05, 4.69) is 6.92 Å². The maximum absolute atomic E-state index is 10.5. The standard InChI is InChI=1S/C11H13NO3S/c1-8-11(6-7-15-8)16-10-4-2-9(3-5-10)12(13)14/h2-5,8,11H,6-7H2,1H3/t8?,11-/m0/s1. The third kappa shape index (κ3) is 2.54. The van der Waals surface area contributed by atoms with Crippen molar-refractivity contribution in [2.75, 3.05) is 6.61 Å². The van der Waals surface area contributed by atoms with Gasteiger partial charge in [-0.1, -0.05) is 0 Å². The Hall–Kier alpha value is -1.07. The first-order valence-electron chi connectivity index (χ1n) is 5.19. The number of nitrogens with zero attached hydrogens (tertiary/aromatic N) is 1. The van der Waals surface area contributed by atoms with Gasteiger partial charge in [-0.3, -0.25) is 10.1 Å². The molecule has 86 valence electrons. The average molecular weight is 239 g/mol. The van der Waals surface area contributed by atoms with Crippen LogP contribution in [0.1, 0.15) is 13.3 Å². The second-order valence-corrected chi connectivity index (χ2v) is 5.08. The summed E-state index contributed by atoms with van der Waals surface area (Å²) in [6, 6.07) is 6.69. The van der Waals surface area contributed by atoms with Crippen LogP contribution in [0.4, 0.5) is 5.69 Å².